The van der Waals surface area contributed by atoms with Crippen LogP contribution in [0.3, 0.4) is 0 Å². The molecular weight excluding hydrogens is 198 g/mol. The molecular formula is C10H9NO4. The van der Waals surface area contributed by atoms with Crippen molar-refractivity contribution in [1.29, 1.82) is 0 Å². The number of nitro groups is 1. The third-order valence-corrected chi connectivity index (χ3v) is 2.81. The molecule has 0 unspecified atom stereocenters. The maximum absolute atomic E-state index is 10.6. The molecule has 2 heterocycles. The van der Waals surface area contributed by atoms with Gasteiger partial charge in [0.15, 0.2) is 0 Å². The Kier molecular flexibility index (Phi) is 1.56. The molecule has 1 saturated heterocycles. The van der Waals surface area contributed by atoms with Crippen molar-refractivity contribution in [3.8, 4) is 5.75 Å². The van der Waals surface area contributed by atoms with Crippen LogP contribution in [-0.2, 0) is 4.74 Å². The number of hydrogen-bond donors (Lipinski definition) is 0. The summed E-state index contributed by atoms with van der Waals surface area (Å²) in [5, 5.41) is 10.6. The quantitative estimate of drug-likeness (QED) is 0.400. The average Bonchev–Trinajstić information content (AvgIpc) is 2.97. The standard InChI is InChI=1S/C10H9NO4/c1-5-9-10(15-9)7-4-6(11(12)13)2-3-8(7)14-5/h2-5,9-10H,1H3/t5-,9-,10+/m0/s1. The van der Waals surface area contributed by atoms with Crippen LogP contribution in [0.15, 0.2) is 18.2 Å². The topological polar surface area (TPSA) is 64.9 Å². The fourth-order valence-electron chi connectivity index (χ4n) is 1.98. The van der Waals surface area contributed by atoms with Gasteiger partial charge in [-0.3, -0.25) is 10.1 Å². The number of nitrogens with zero attached hydrogens (tertiary/aromatic N) is 1. The molecule has 0 radical (unpaired) electrons. The number of benzene rings is 1. The lowest BCUT2D eigenvalue weighted by Gasteiger charge is -2.19. The van der Waals surface area contributed by atoms with E-state index in [1.807, 2.05) is 6.92 Å². The first-order valence-electron chi connectivity index (χ1n) is 4.77. The summed E-state index contributed by atoms with van der Waals surface area (Å²) in [5.41, 5.74) is 0.883. The van der Waals surface area contributed by atoms with Gasteiger partial charge in [-0.1, -0.05) is 0 Å². The Hall–Kier alpha value is -1.62. The minimum absolute atomic E-state index is 0.0105. The fraction of sp³-hybridized carbons (Fsp3) is 0.400. The van der Waals surface area contributed by atoms with Crippen molar-refractivity contribution in [3.05, 3.63) is 33.9 Å². The van der Waals surface area contributed by atoms with E-state index < -0.39 is 4.92 Å². The van der Waals surface area contributed by atoms with Gasteiger partial charge in [0.2, 0.25) is 0 Å². The van der Waals surface area contributed by atoms with Crippen LogP contribution in [0.2, 0.25) is 0 Å². The highest BCUT2D eigenvalue weighted by molar-refractivity contribution is 5.48. The van der Waals surface area contributed by atoms with Crippen LogP contribution in [0.4, 0.5) is 5.69 Å². The Labute approximate surface area is 85.8 Å². The summed E-state index contributed by atoms with van der Waals surface area (Å²) in [5.74, 6) is 0.701. The minimum Gasteiger partial charge on any atom is -0.487 e. The Morgan fingerprint density at radius 3 is 3.00 bits per heavy atom. The molecule has 1 aromatic rings. The van der Waals surface area contributed by atoms with E-state index >= 15 is 0 Å². The smallest absolute Gasteiger partial charge is 0.270 e. The first kappa shape index (κ1) is 8.67. The molecule has 15 heavy (non-hydrogen) atoms. The van der Waals surface area contributed by atoms with E-state index in [-0.39, 0.29) is 24.0 Å². The van der Waals surface area contributed by atoms with E-state index in [0.717, 1.165) is 5.56 Å². The zero-order valence-corrected chi connectivity index (χ0v) is 8.04. The van der Waals surface area contributed by atoms with E-state index in [1.165, 1.54) is 12.1 Å². The molecule has 0 spiro atoms. The van der Waals surface area contributed by atoms with E-state index in [2.05, 4.69) is 0 Å². The number of nitro benzene ring substituents is 1. The SMILES string of the molecule is C[C@@H]1Oc2ccc([N+](=O)[O-])cc2[C@H]2O[C@@H]12. The van der Waals surface area contributed by atoms with Gasteiger partial charge in [0, 0.05) is 17.7 Å². The van der Waals surface area contributed by atoms with Crippen molar-refractivity contribution in [1.82, 2.24) is 0 Å². The molecule has 78 valence electrons. The molecule has 0 aromatic heterocycles. The summed E-state index contributed by atoms with van der Waals surface area (Å²) < 4.78 is 11.0. The molecule has 2 aliphatic rings. The molecule has 1 aromatic carbocycles. The van der Waals surface area contributed by atoms with Gasteiger partial charge in [-0.25, -0.2) is 0 Å². The highest BCUT2D eigenvalue weighted by Crippen LogP contribution is 2.50. The van der Waals surface area contributed by atoms with Gasteiger partial charge in [-0.05, 0) is 13.0 Å². The summed E-state index contributed by atoms with van der Waals surface area (Å²) >= 11 is 0. The monoisotopic (exact) mass is 207 g/mol. The van der Waals surface area contributed by atoms with Crippen LogP contribution < -0.4 is 4.74 Å². The molecule has 2 aliphatic heterocycles. The predicted octanol–water partition coefficient (Wildman–Crippen LogP) is 1.82. The Bertz CT molecular complexity index is 445. The van der Waals surface area contributed by atoms with Crippen molar-refractivity contribution in [2.75, 3.05) is 0 Å². The lowest BCUT2D eigenvalue weighted by molar-refractivity contribution is -0.385. The third kappa shape index (κ3) is 1.20. The van der Waals surface area contributed by atoms with Crippen LogP contribution in [0, 0.1) is 10.1 Å². The van der Waals surface area contributed by atoms with Gasteiger partial charge >= 0.3 is 0 Å². The molecule has 0 bridgehead atoms. The molecule has 0 amide bonds. The lowest BCUT2D eigenvalue weighted by atomic mass is 10.0. The molecule has 5 heteroatoms. The number of ether oxygens (including phenoxy) is 2. The molecule has 5 nitrogen and oxygen atoms in total. The number of hydrogen-bond acceptors (Lipinski definition) is 4. The number of rotatable bonds is 1. The van der Waals surface area contributed by atoms with Crippen LogP contribution in [0.1, 0.15) is 18.6 Å². The fourth-order valence-corrected chi connectivity index (χ4v) is 1.98. The summed E-state index contributed by atoms with van der Waals surface area (Å²) in [7, 11) is 0. The van der Waals surface area contributed by atoms with Crippen molar-refractivity contribution in [2.24, 2.45) is 0 Å². The first-order valence-corrected chi connectivity index (χ1v) is 4.77. The summed E-state index contributed by atoms with van der Waals surface area (Å²) in [6.07, 6.45) is 0.0899. The third-order valence-electron chi connectivity index (χ3n) is 2.81. The van der Waals surface area contributed by atoms with E-state index in [1.54, 1.807) is 6.07 Å². The number of fused-ring (bicyclic) bond motifs is 3. The second kappa shape index (κ2) is 2.70. The van der Waals surface area contributed by atoms with Crippen LogP contribution in [0.25, 0.3) is 0 Å². The molecule has 0 aliphatic carbocycles. The maximum Gasteiger partial charge on any atom is 0.270 e. The zero-order chi connectivity index (χ0) is 10.6. The predicted molar refractivity (Wildman–Crippen MR) is 50.8 cm³/mol. The zero-order valence-electron chi connectivity index (χ0n) is 8.04. The van der Waals surface area contributed by atoms with E-state index in [0.29, 0.717) is 5.75 Å². The summed E-state index contributed by atoms with van der Waals surface area (Å²) in [6, 6.07) is 4.63. The highest BCUT2D eigenvalue weighted by Gasteiger charge is 2.50. The highest BCUT2D eigenvalue weighted by atomic mass is 16.6. The molecule has 0 saturated carbocycles. The maximum atomic E-state index is 10.6. The van der Waals surface area contributed by atoms with Gasteiger partial charge in [0.1, 0.15) is 24.1 Å². The largest absolute Gasteiger partial charge is 0.487 e. The first-order chi connectivity index (χ1) is 7.16. The molecule has 3 atom stereocenters. The average molecular weight is 207 g/mol. The second-order valence-electron chi connectivity index (χ2n) is 3.82. The van der Waals surface area contributed by atoms with E-state index in [4.69, 9.17) is 9.47 Å². The summed E-state index contributed by atoms with van der Waals surface area (Å²) in [6.45, 7) is 1.94. The van der Waals surface area contributed by atoms with Crippen molar-refractivity contribution in [3.63, 3.8) is 0 Å². The van der Waals surface area contributed by atoms with Gasteiger partial charge in [0.25, 0.3) is 5.69 Å². The van der Waals surface area contributed by atoms with Crippen LogP contribution in [-0.4, -0.2) is 17.1 Å². The van der Waals surface area contributed by atoms with Gasteiger partial charge in [-0.15, -0.1) is 0 Å². The van der Waals surface area contributed by atoms with Gasteiger partial charge in [0.05, 0.1) is 4.92 Å². The molecule has 1 fully saturated rings. The Balaban J connectivity index is 2.06. The van der Waals surface area contributed by atoms with Gasteiger partial charge in [-0.2, -0.15) is 0 Å². The van der Waals surface area contributed by atoms with Crippen molar-refractivity contribution < 1.29 is 14.4 Å². The van der Waals surface area contributed by atoms with Crippen LogP contribution in [0.5, 0.6) is 5.75 Å². The van der Waals surface area contributed by atoms with Crippen molar-refractivity contribution in [2.45, 2.75) is 25.2 Å². The lowest BCUT2D eigenvalue weighted by Crippen LogP contribution is -2.23. The van der Waals surface area contributed by atoms with Gasteiger partial charge < -0.3 is 9.47 Å². The summed E-state index contributed by atoms with van der Waals surface area (Å²) in [4.78, 5) is 10.2. The normalized spacial score (nSPS) is 31.1. The van der Waals surface area contributed by atoms with Crippen molar-refractivity contribution >= 4 is 5.69 Å². The van der Waals surface area contributed by atoms with E-state index in [9.17, 15) is 10.1 Å². The van der Waals surface area contributed by atoms with Crippen LogP contribution >= 0.6 is 0 Å². The second-order valence-corrected chi connectivity index (χ2v) is 3.82. The number of non-ortho nitro benzene ring substituents is 1. The minimum atomic E-state index is -0.407. The Morgan fingerprint density at radius 1 is 1.47 bits per heavy atom. The number of epoxide rings is 1. The molecule has 0 N–H and O–H groups in total. The molecule has 3 rings (SSSR count). The Morgan fingerprint density at radius 2 is 2.27 bits per heavy atom.